The van der Waals surface area contributed by atoms with E-state index >= 15 is 0 Å². The molecule has 0 aliphatic carbocycles. The van der Waals surface area contributed by atoms with Gasteiger partial charge in [-0.15, -0.1) is 0 Å². The summed E-state index contributed by atoms with van der Waals surface area (Å²) in [5, 5.41) is 1.95. The summed E-state index contributed by atoms with van der Waals surface area (Å²) in [6.07, 6.45) is -1.13. The predicted molar refractivity (Wildman–Crippen MR) is 145 cm³/mol. The highest BCUT2D eigenvalue weighted by Gasteiger charge is 2.60. The van der Waals surface area contributed by atoms with Crippen molar-refractivity contribution in [1.82, 2.24) is 0 Å². The van der Waals surface area contributed by atoms with Gasteiger partial charge in [0.2, 0.25) is 5.91 Å². The maximum atomic E-state index is 13.9. The molecular formula is C29H21ClN2O6S. The van der Waals surface area contributed by atoms with Crippen molar-refractivity contribution in [2.45, 2.75) is 17.0 Å². The molecule has 2 aliphatic heterocycles. The Morgan fingerprint density at radius 1 is 0.718 bits per heavy atom. The molecule has 0 unspecified atom stereocenters. The van der Waals surface area contributed by atoms with Gasteiger partial charge in [-0.2, -0.15) is 8.42 Å². The lowest BCUT2D eigenvalue weighted by Gasteiger charge is -2.29. The Morgan fingerprint density at radius 3 is 2.03 bits per heavy atom. The minimum Gasteiger partial charge on any atom is -0.379 e. The van der Waals surface area contributed by atoms with Crippen LogP contribution in [-0.2, 0) is 24.5 Å². The molecule has 4 aromatic rings. The molecule has 0 aromatic heterocycles. The fourth-order valence-electron chi connectivity index (χ4n) is 4.93. The summed E-state index contributed by atoms with van der Waals surface area (Å²) < 4.78 is 31.9. The Labute approximate surface area is 230 Å². The maximum Gasteiger partial charge on any atom is 0.339 e. The number of fused-ring (bicyclic) bond motifs is 1. The summed E-state index contributed by atoms with van der Waals surface area (Å²) in [4.78, 5) is 34.6. The van der Waals surface area contributed by atoms with Gasteiger partial charge in [-0.3, -0.25) is 14.4 Å². The Balaban J connectivity index is 1.44. The summed E-state index contributed by atoms with van der Waals surface area (Å²) in [5.74, 6) is -1.94. The average molecular weight is 561 g/mol. The van der Waals surface area contributed by atoms with Crippen LogP contribution in [0.25, 0.3) is 0 Å². The molecule has 3 atom stereocenters. The molecule has 39 heavy (non-hydrogen) atoms. The van der Waals surface area contributed by atoms with E-state index in [-0.39, 0.29) is 10.6 Å². The smallest absolute Gasteiger partial charge is 0.339 e. The van der Waals surface area contributed by atoms with E-state index in [2.05, 4.69) is 0 Å². The van der Waals surface area contributed by atoms with Crippen LogP contribution in [0.5, 0.6) is 5.75 Å². The van der Waals surface area contributed by atoms with Gasteiger partial charge in [0.25, 0.3) is 5.91 Å². The number of benzene rings is 4. The first-order valence-electron chi connectivity index (χ1n) is 12.1. The van der Waals surface area contributed by atoms with E-state index in [9.17, 15) is 18.0 Å². The van der Waals surface area contributed by atoms with Gasteiger partial charge in [0, 0.05) is 10.6 Å². The number of imide groups is 1. The zero-order valence-corrected chi connectivity index (χ0v) is 21.8. The maximum absolute atomic E-state index is 13.9. The van der Waals surface area contributed by atoms with Gasteiger partial charge in [0.15, 0.2) is 6.10 Å². The topological polar surface area (TPSA) is 93.2 Å². The lowest BCUT2D eigenvalue weighted by molar-refractivity contribution is -0.126. The molecule has 2 saturated heterocycles. The molecule has 6 rings (SSSR count). The van der Waals surface area contributed by atoms with Gasteiger partial charge in [0.05, 0.1) is 17.4 Å². The zero-order valence-electron chi connectivity index (χ0n) is 20.3. The van der Waals surface area contributed by atoms with E-state index in [0.29, 0.717) is 22.0 Å². The van der Waals surface area contributed by atoms with Crippen molar-refractivity contribution >= 4 is 44.9 Å². The molecule has 2 fully saturated rings. The van der Waals surface area contributed by atoms with E-state index < -0.39 is 40.0 Å². The van der Waals surface area contributed by atoms with Crippen molar-refractivity contribution in [1.29, 1.82) is 0 Å². The molecule has 196 valence electrons. The second-order valence-corrected chi connectivity index (χ2v) is 11.0. The number of carbonyl (C=O) groups excluding carboxylic acids is 2. The quantitative estimate of drug-likeness (QED) is 0.237. The van der Waals surface area contributed by atoms with Crippen molar-refractivity contribution in [2.75, 3.05) is 9.96 Å². The first-order valence-corrected chi connectivity index (χ1v) is 13.9. The molecule has 2 aliphatic rings. The van der Waals surface area contributed by atoms with Gasteiger partial charge >= 0.3 is 10.1 Å². The number of anilines is 2. The minimum atomic E-state index is -4.19. The molecule has 10 heteroatoms. The molecule has 0 N–H and O–H groups in total. The van der Waals surface area contributed by atoms with Crippen molar-refractivity contribution in [3.8, 4) is 5.75 Å². The molecule has 0 radical (unpaired) electrons. The highest BCUT2D eigenvalue weighted by Crippen LogP contribution is 2.49. The number of rotatable bonds is 6. The minimum absolute atomic E-state index is 0.0127. The largest absolute Gasteiger partial charge is 0.379 e. The number of nitrogens with zero attached hydrogens (tertiary/aromatic N) is 2. The molecule has 0 spiro atoms. The molecule has 8 nitrogen and oxygen atoms in total. The molecule has 2 heterocycles. The van der Waals surface area contributed by atoms with Gasteiger partial charge in [-0.25, -0.2) is 9.96 Å². The van der Waals surface area contributed by atoms with Crippen LogP contribution in [0.3, 0.4) is 0 Å². The highest BCUT2D eigenvalue weighted by atomic mass is 35.5. The fourth-order valence-corrected chi connectivity index (χ4v) is 6.03. The number of carbonyl (C=O) groups is 2. The predicted octanol–water partition coefficient (Wildman–Crippen LogP) is 5.16. The second kappa shape index (κ2) is 9.85. The Bertz CT molecular complexity index is 1650. The number of hydrogen-bond donors (Lipinski definition) is 0. The number of halogens is 1. The number of para-hydroxylation sites is 2. The molecular weight excluding hydrogens is 540 g/mol. The van der Waals surface area contributed by atoms with E-state index in [0.717, 1.165) is 4.90 Å². The van der Waals surface area contributed by atoms with Crippen LogP contribution in [0, 0.1) is 5.92 Å². The van der Waals surface area contributed by atoms with Crippen LogP contribution in [0.1, 0.15) is 11.6 Å². The van der Waals surface area contributed by atoms with E-state index in [1.165, 1.54) is 23.3 Å². The molecule has 4 aromatic carbocycles. The third kappa shape index (κ3) is 4.44. The van der Waals surface area contributed by atoms with Crippen molar-refractivity contribution < 1.29 is 27.0 Å². The van der Waals surface area contributed by atoms with E-state index in [1.807, 2.05) is 6.07 Å². The summed E-state index contributed by atoms with van der Waals surface area (Å²) in [6.45, 7) is 0. The van der Waals surface area contributed by atoms with Crippen molar-refractivity contribution in [2.24, 2.45) is 5.92 Å². The van der Waals surface area contributed by atoms with Gasteiger partial charge in [0.1, 0.15) is 16.6 Å². The first-order chi connectivity index (χ1) is 18.8. The van der Waals surface area contributed by atoms with Crippen molar-refractivity contribution in [3.63, 3.8) is 0 Å². The lowest BCUT2D eigenvalue weighted by atomic mass is 9.90. The standard InChI is InChI=1S/C29H21ClN2O6S/c30-19-15-17-20(18-16-19)31-28(33)25-26(32(37-27(25)29(31)34)21-9-3-1-4-10-21)23-13-7-8-14-24(23)38-39(35,36)22-11-5-2-6-12-22/h1-18,25-27H/t25-,26-,27+/m0/s1. The Kier molecular flexibility index (Phi) is 6.34. The summed E-state index contributed by atoms with van der Waals surface area (Å²) in [6, 6.07) is 28.8. The third-order valence-corrected chi connectivity index (χ3v) is 8.18. The summed E-state index contributed by atoms with van der Waals surface area (Å²) in [7, 11) is -4.19. The number of amides is 2. The number of hydroxylamine groups is 1. The van der Waals surface area contributed by atoms with E-state index in [4.69, 9.17) is 20.6 Å². The lowest BCUT2D eigenvalue weighted by Crippen LogP contribution is -2.37. The molecule has 0 saturated carbocycles. The molecule has 0 bridgehead atoms. The van der Waals surface area contributed by atoms with Crippen LogP contribution in [0.15, 0.2) is 114 Å². The van der Waals surface area contributed by atoms with Gasteiger partial charge in [-0.1, -0.05) is 66.2 Å². The van der Waals surface area contributed by atoms with Crippen LogP contribution in [0.4, 0.5) is 11.4 Å². The van der Waals surface area contributed by atoms with Gasteiger partial charge < -0.3 is 4.18 Å². The number of hydrogen-bond acceptors (Lipinski definition) is 7. The molecule has 2 amide bonds. The second-order valence-electron chi connectivity index (χ2n) is 9.03. The Hall–Kier alpha value is -4.18. The van der Waals surface area contributed by atoms with Crippen LogP contribution >= 0.6 is 11.6 Å². The normalized spacial score (nSPS) is 20.8. The fraction of sp³-hybridized carbons (Fsp3) is 0.103. The van der Waals surface area contributed by atoms with Gasteiger partial charge in [-0.05, 0) is 54.6 Å². The van der Waals surface area contributed by atoms with Crippen LogP contribution < -0.4 is 14.1 Å². The van der Waals surface area contributed by atoms with E-state index in [1.54, 1.807) is 84.9 Å². The van der Waals surface area contributed by atoms with Crippen LogP contribution in [0.2, 0.25) is 5.02 Å². The monoisotopic (exact) mass is 560 g/mol. The summed E-state index contributed by atoms with van der Waals surface area (Å²) in [5.41, 5.74) is 1.34. The first kappa shape index (κ1) is 25.1. The van der Waals surface area contributed by atoms with Crippen molar-refractivity contribution in [3.05, 3.63) is 120 Å². The van der Waals surface area contributed by atoms with Crippen LogP contribution in [-0.4, -0.2) is 26.3 Å². The zero-order chi connectivity index (χ0) is 27.1. The average Bonchev–Trinajstić information content (AvgIpc) is 3.46. The highest BCUT2D eigenvalue weighted by molar-refractivity contribution is 7.87. The summed E-state index contributed by atoms with van der Waals surface area (Å²) >= 11 is 6.01. The Morgan fingerprint density at radius 2 is 1.33 bits per heavy atom. The SMILES string of the molecule is O=C1[C@@H]2[C@@H](ON(c3ccccc3)[C@H]2c2ccccc2OS(=O)(=O)c2ccccc2)C(=O)N1c1ccc(Cl)cc1. The third-order valence-electron chi connectivity index (χ3n) is 6.68.